The van der Waals surface area contributed by atoms with Crippen molar-refractivity contribution in [1.29, 1.82) is 0 Å². The summed E-state index contributed by atoms with van der Waals surface area (Å²) in [5, 5.41) is 14.1. The molecule has 108 valence electrons. The van der Waals surface area contributed by atoms with E-state index in [1.807, 2.05) is 13.8 Å². The molecule has 0 aromatic heterocycles. The molecule has 0 fully saturated rings. The van der Waals surface area contributed by atoms with E-state index in [0.717, 1.165) is 0 Å². The predicted octanol–water partition coefficient (Wildman–Crippen LogP) is 1.89. The van der Waals surface area contributed by atoms with Crippen LogP contribution in [0.1, 0.15) is 30.6 Å². The average Bonchev–Trinajstić information content (AvgIpc) is 2.83. The van der Waals surface area contributed by atoms with Gasteiger partial charge in [-0.25, -0.2) is 0 Å². The number of benzene rings is 1. The first-order valence-electron chi connectivity index (χ1n) is 6.33. The lowest BCUT2D eigenvalue weighted by molar-refractivity contribution is -0.385. The lowest BCUT2D eigenvalue weighted by Crippen LogP contribution is -2.25. The van der Waals surface area contributed by atoms with Crippen LogP contribution in [-0.4, -0.2) is 30.1 Å². The molecule has 0 saturated carbocycles. The zero-order chi connectivity index (χ0) is 14.7. The highest BCUT2D eigenvalue weighted by Gasteiger charge is 2.26. The number of rotatable bonds is 6. The van der Waals surface area contributed by atoms with E-state index in [1.165, 1.54) is 12.1 Å². The van der Waals surface area contributed by atoms with Crippen molar-refractivity contribution in [1.82, 2.24) is 5.32 Å². The molecule has 1 heterocycles. The number of carbonyl (C=O) groups is 1. The Bertz CT molecular complexity index is 542. The standard InChI is InChI=1S/C13H16N2O5/c1-8(2)14-4-3-11(16)9-5-12-13(20-7-19-12)6-10(9)15(17)18/h5-6,8,14H,3-4,7H2,1-2H3. The molecule has 0 atom stereocenters. The van der Waals surface area contributed by atoms with E-state index in [9.17, 15) is 14.9 Å². The number of Topliss-reactive ketones (excluding diaryl/α,β-unsaturated/α-hetero) is 1. The van der Waals surface area contributed by atoms with Crippen molar-refractivity contribution >= 4 is 11.5 Å². The van der Waals surface area contributed by atoms with Gasteiger partial charge in [0.25, 0.3) is 5.69 Å². The van der Waals surface area contributed by atoms with Crippen LogP contribution in [0.2, 0.25) is 0 Å². The molecule has 20 heavy (non-hydrogen) atoms. The van der Waals surface area contributed by atoms with Crippen LogP contribution >= 0.6 is 0 Å². The summed E-state index contributed by atoms with van der Waals surface area (Å²) in [5.41, 5.74) is -0.186. The van der Waals surface area contributed by atoms with Crippen LogP contribution < -0.4 is 14.8 Å². The Morgan fingerprint density at radius 3 is 2.65 bits per heavy atom. The summed E-state index contributed by atoms with van der Waals surface area (Å²) >= 11 is 0. The molecule has 0 saturated heterocycles. The van der Waals surface area contributed by atoms with E-state index in [4.69, 9.17) is 9.47 Å². The summed E-state index contributed by atoms with van der Waals surface area (Å²) in [6, 6.07) is 2.89. The van der Waals surface area contributed by atoms with Gasteiger partial charge in [0, 0.05) is 25.1 Å². The van der Waals surface area contributed by atoms with Gasteiger partial charge < -0.3 is 14.8 Å². The summed E-state index contributed by atoms with van der Waals surface area (Å²) in [6.45, 7) is 4.42. The molecule has 1 aliphatic rings. The Morgan fingerprint density at radius 1 is 1.40 bits per heavy atom. The lowest BCUT2D eigenvalue weighted by atomic mass is 10.0. The second kappa shape index (κ2) is 5.87. The molecule has 1 N–H and O–H groups in total. The number of hydrogen-bond donors (Lipinski definition) is 1. The summed E-state index contributed by atoms with van der Waals surface area (Å²) in [7, 11) is 0. The highest BCUT2D eigenvalue weighted by atomic mass is 16.7. The Hall–Kier alpha value is -2.15. The molecule has 7 heteroatoms. The first kappa shape index (κ1) is 14.3. The molecule has 7 nitrogen and oxygen atoms in total. The maximum absolute atomic E-state index is 12.1. The van der Waals surface area contributed by atoms with Gasteiger partial charge in [0.05, 0.1) is 16.6 Å². The van der Waals surface area contributed by atoms with Crippen LogP contribution in [0.15, 0.2) is 12.1 Å². The molecular formula is C13H16N2O5. The number of nitro benzene ring substituents is 1. The van der Waals surface area contributed by atoms with Crippen molar-refractivity contribution < 1.29 is 19.2 Å². The van der Waals surface area contributed by atoms with Crippen molar-refractivity contribution in [2.75, 3.05) is 13.3 Å². The summed E-state index contributed by atoms with van der Waals surface area (Å²) in [4.78, 5) is 22.6. The molecule has 0 aliphatic carbocycles. The molecular weight excluding hydrogens is 264 g/mol. The molecule has 0 bridgehead atoms. The van der Waals surface area contributed by atoms with Gasteiger partial charge in [0.1, 0.15) is 0 Å². The van der Waals surface area contributed by atoms with Crippen molar-refractivity contribution in [2.24, 2.45) is 0 Å². The number of fused-ring (bicyclic) bond motifs is 1. The van der Waals surface area contributed by atoms with Crippen LogP contribution in [0.3, 0.4) is 0 Å². The predicted molar refractivity (Wildman–Crippen MR) is 71.3 cm³/mol. The molecule has 1 aliphatic heterocycles. The minimum Gasteiger partial charge on any atom is -0.454 e. The third-order valence-corrected chi connectivity index (χ3v) is 2.89. The van der Waals surface area contributed by atoms with Crippen LogP contribution in [0.25, 0.3) is 0 Å². The molecule has 0 radical (unpaired) electrons. The number of ether oxygens (including phenoxy) is 2. The topological polar surface area (TPSA) is 90.7 Å². The molecule has 0 amide bonds. The number of nitrogens with zero attached hydrogens (tertiary/aromatic N) is 1. The summed E-state index contributed by atoms with van der Waals surface area (Å²) in [5.74, 6) is 0.382. The Kier molecular flexibility index (Phi) is 4.19. The molecule has 2 rings (SSSR count). The molecule has 0 unspecified atom stereocenters. The summed E-state index contributed by atoms with van der Waals surface area (Å²) < 4.78 is 10.2. The zero-order valence-electron chi connectivity index (χ0n) is 11.3. The first-order valence-corrected chi connectivity index (χ1v) is 6.33. The molecule has 1 aromatic rings. The van der Waals surface area contributed by atoms with E-state index in [2.05, 4.69) is 5.32 Å². The van der Waals surface area contributed by atoms with Gasteiger partial charge in [-0.2, -0.15) is 0 Å². The monoisotopic (exact) mass is 280 g/mol. The van der Waals surface area contributed by atoms with E-state index in [-0.39, 0.29) is 36.3 Å². The van der Waals surface area contributed by atoms with Gasteiger partial charge >= 0.3 is 0 Å². The minimum absolute atomic E-state index is 0.0129. The fourth-order valence-electron chi connectivity index (χ4n) is 1.91. The molecule has 0 spiro atoms. The number of carbonyl (C=O) groups excluding carboxylic acids is 1. The third-order valence-electron chi connectivity index (χ3n) is 2.89. The second-order valence-electron chi connectivity index (χ2n) is 4.76. The van der Waals surface area contributed by atoms with Gasteiger partial charge in [-0.15, -0.1) is 0 Å². The van der Waals surface area contributed by atoms with Crippen LogP contribution in [0, 0.1) is 10.1 Å². The number of hydrogen-bond acceptors (Lipinski definition) is 6. The fourth-order valence-corrected chi connectivity index (χ4v) is 1.91. The van der Waals surface area contributed by atoms with E-state index in [1.54, 1.807) is 0 Å². The maximum Gasteiger partial charge on any atom is 0.284 e. The second-order valence-corrected chi connectivity index (χ2v) is 4.76. The normalized spacial score (nSPS) is 12.8. The first-order chi connectivity index (χ1) is 9.49. The number of nitrogens with one attached hydrogen (secondary N) is 1. The van der Waals surface area contributed by atoms with E-state index < -0.39 is 4.92 Å². The van der Waals surface area contributed by atoms with Crippen molar-refractivity contribution in [3.8, 4) is 11.5 Å². The van der Waals surface area contributed by atoms with Gasteiger partial charge in [-0.3, -0.25) is 14.9 Å². The minimum atomic E-state index is -0.578. The maximum atomic E-state index is 12.1. The highest BCUT2D eigenvalue weighted by molar-refractivity contribution is 6.00. The quantitative estimate of drug-likeness (QED) is 0.486. The van der Waals surface area contributed by atoms with Crippen LogP contribution in [0.5, 0.6) is 11.5 Å². The Balaban J connectivity index is 2.21. The lowest BCUT2D eigenvalue weighted by Gasteiger charge is -2.08. The van der Waals surface area contributed by atoms with E-state index >= 15 is 0 Å². The van der Waals surface area contributed by atoms with Crippen molar-refractivity contribution in [3.63, 3.8) is 0 Å². The smallest absolute Gasteiger partial charge is 0.284 e. The van der Waals surface area contributed by atoms with E-state index in [0.29, 0.717) is 18.0 Å². The zero-order valence-corrected chi connectivity index (χ0v) is 11.3. The number of ketones is 1. The Morgan fingerprint density at radius 2 is 2.05 bits per heavy atom. The molecule has 1 aromatic carbocycles. The van der Waals surface area contributed by atoms with Gasteiger partial charge in [-0.1, -0.05) is 13.8 Å². The third kappa shape index (κ3) is 3.05. The fraction of sp³-hybridized carbons (Fsp3) is 0.462. The van der Waals surface area contributed by atoms with Gasteiger partial charge in [0.15, 0.2) is 17.3 Å². The average molecular weight is 280 g/mol. The SMILES string of the molecule is CC(C)NCCC(=O)c1cc2c(cc1[N+](=O)[O-])OCO2. The van der Waals surface area contributed by atoms with Crippen LogP contribution in [0.4, 0.5) is 5.69 Å². The van der Waals surface area contributed by atoms with Gasteiger partial charge in [0.2, 0.25) is 6.79 Å². The highest BCUT2D eigenvalue weighted by Crippen LogP contribution is 2.38. The Labute approximate surface area is 116 Å². The summed E-state index contributed by atoms with van der Waals surface area (Å²) in [6.07, 6.45) is 0.193. The van der Waals surface area contributed by atoms with Gasteiger partial charge in [-0.05, 0) is 0 Å². The van der Waals surface area contributed by atoms with Crippen LogP contribution in [-0.2, 0) is 0 Å². The van der Waals surface area contributed by atoms with Crippen molar-refractivity contribution in [2.45, 2.75) is 26.3 Å². The number of nitro groups is 1. The largest absolute Gasteiger partial charge is 0.454 e. The van der Waals surface area contributed by atoms with Crippen molar-refractivity contribution in [3.05, 3.63) is 27.8 Å².